The Balaban J connectivity index is 1.91. The highest BCUT2D eigenvalue weighted by Crippen LogP contribution is 2.15. The van der Waals surface area contributed by atoms with Gasteiger partial charge in [0.15, 0.2) is 0 Å². The molecule has 0 radical (unpaired) electrons. The van der Waals surface area contributed by atoms with E-state index in [1.807, 2.05) is 0 Å². The molecule has 1 aromatic carbocycles. The molecule has 0 aliphatic carbocycles. The molecule has 1 aromatic rings. The van der Waals surface area contributed by atoms with Crippen molar-refractivity contribution in [3.63, 3.8) is 0 Å². The minimum absolute atomic E-state index is 0.0424. The zero-order chi connectivity index (χ0) is 16.9. The van der Waals surface area contributed by atoms with Gasteiger partial charge >= 0.3 is 5.97 Å². The van der Waals surface area contributed by atoms with Gasteiger partial charge in [-0.2, -0.15) is 17.4 Å². The maximum Gasteiger partial charge on any atom is 0.307 e. The first kappa shape index (κ1) is 17.9. The van der Waals surface area contributed by atoms with Gasteiger partial charge in [0.2, 0.25) is 0 Å². The maximum absolute atomic E-state index is 12.3. The Bertz CT molecular complexity index is 624. The average molecular weight is 342 g/mol. The number of carbonyl (C=O) groups is 1. The first-order chi connectivity index (χ1) is 10.9. The third kappa shape index (κ3) is 5.28. The van der Waals surface area contributed by atoms with Crippen molar-refractivity contribution in [2.75, 3.05) is 20.3 Å². The van der Waals surface area contributed by atoms with Gasteiger partial charge in [-0.1, -0.05) is 24.3 Å². The van der Waals surface area contributed by atoms with Crippen molar-refractivity contribution >= 4 is 16.2 Å². The molecule has 1 aliphatic heterocycles. The summed E-state index contributed by atoms with van der Waals surface area (Å²) in [7, 11) is -1.98. The van der Waals surface area contributed by atoms with Crippen LogP contribution in [0.15, 0.2) is 24.3 Å². The Morgan fingerprint density at radius 1 is 1.26 bits per heavy atom. The van der Waals surface area contributed by atoms with E-state index in [0.717, 1.165) is 5.56 Å². The second kappa shape index (κ2) is 7.87. The summed E-state index contributed by atoms with van der Waals surface area (Å²) in [5, 5.41) is 8.73. The Labute approximate surface area is 136 Å². The van der Waals surface area contributed by atoms with Crippen LogP contribution in [-0.4, -0.2) is 50.1 Å². The topological polar surface area (TPSA) is 95.9 Å². The summed E-state index contributed by atoms with van der Waals surface area (Å²) in [6.45, 7) is 1.33. The van der Waals surface area contributed by atoms with E-state index >= 15 is 0 Å². The van der Waals surface area contributed by atoms with E-state index in [0.29, 0.717) is 31.6 Å². The van der Waals surface area contributed by atoms with E-state index < -0.39 is 16.2 Å². The van der Waals surface area contributed by atoms with Crippen LogP contribution in [-0.2, 0) is 32.7 Å². The number of carboxylic acids is 1. The third-order valence-corrected chi connectivity index (χ3v) is 5.49. The molecule has 0 spiro atoms. The molecule has 1 fully saturated rings. The molecule has 23 heavy (non-hydrogen) atoms. The molecular weight excluding hydrogens is 320 g/mol. The second-order valence-electron chi connectivity index (χ2n) is 5.57. The Hall–Kier alpha value is -1.48. The molecule has 1 heterocycles. The first-order valence-electron chi connectivity index (χ1n) is 7.48. The van der Waals surface area contributed by atoms with E-state index in [9.17, 15) is 13.2 Å². The van der Waals surface area contributed by atoms with Gasteiger partial charge in [-0.05, 0) is 24.0 Å². The van der Waals surface area contributed by atoms with Crippen molar-refractivity contribution in [3.05, 3.63) is 35.4 Å². The minimum Gasteiger partial charge on any atom is -0.481 e. The number of nitrogens with zero attached hydrogens (tertiary/aromatic N) is 1. The molecular formula is C15H22N2O5S. The molecule has 7 nitrogen and oxygen atoms in total. The highest BCUT2D eigenvalue weighted by Gasteiger charge is 2.27. The van der Waals surface area contributed by atoms with Crippen molar-refractivity contribution in [2.45, 2.75) is 31.8 Å². The summed E-state index contributed by atoms with van der Waals surface area (Å²) in [5.41, 5.74) is 1.46. The Kier molecular flexibility index (Phi) is 6.11. The van der Waals surface area contributed by atoms with Gasteiger partial charge in [0.25, 0.3) is 10.2 Å². The van der Waals surface area contributed by atoms with Gasteiger partial charge in [-0.3, -0.25) is 4.79 Å². The van der Waals surface area contributed by atoms with Crippen molar-refractivity contribution in [1.82, 2.24) is 9.03 Å². The summed E-state index contributed by atoms with van der Waals surface area (Å²) in [5.74, 6) is -0.892. The number of hydrogen-bond donors (Lipinski definition) is 2. The molecule has 128 valence electrons. The van der Waals surface area contributed by atoms with Crippen molar-refractivity contribution in [3.8, 4) is 0 Å². The lowest BCUT2D eigenvalue weighted by atomic mass is 10.1. The van der Waals surface area contributed by atoms with E-state index in [-0.39, 0.29) is 19.0 Å². The zero-order valence-electron chi connectivity index (χ0n) is 13.1. The molecule has 8 heteroatoms. The smallest absolute Gasteiger partial charge is 0.307 e. The number of aliphatic carboxylic acids is 1. The van der Waals surface area contributed by atoms with Crippen LogP contribution in [0.4, 0.5) is 0 Å². The summed E-state index contributed by atoms with van der Waals surface area (Å²) >= 11 is 0. The van der Waals surface area contributed by atoms with Crippen LogP contribution in [0.1, 0.15) is 24.0 Å². The number of benzene rings is 1. The van der Waals surface area contributed by atoms with Crippen LogP contribution in [0.3, 0.4) is 0 Å². The molecule has 0 unspecified atom stereocenters. The van der Waals surface area contributed by atoms with Crippen molar-refractivity contribution < 1.29 is 23.1 Å². The third-order valence-electron chi connectivity index (χ3n) is 3.92. The molecule has 0 atom stereocenters. The van der Waals surface area contributed by atoms with E-state index in [2.05, 4.69) is 4.72 Å². The fraction of sp³-hybridized carbons (Fsp3) is 0.533. The van der Waals surface area contributed by atoms with Gasteiger partial charge in [-0.15, -0.1) is 0 Å². The number of rotatable bonds is 7. The second-order valence-corrected chi connectivity index (χ2v) is 7.39. The van der Waals surface area contributed by atoms with Crippen LogP contribution in [0.5, 0.6) is 0 Å². The molecule has 2 N–H and O–H groups in total. The Morgan fingerprint density at radius 3 is 2.39 bits per heavy atom. The normalized spacial score (nSPS) is 16.6. The summed E-state index contributed by atoms with van der Waals surface area (Å²) < 4.78 is 33.8. The highest BCUT2D eigenvalue weighted by atomic mass is 32.2. The SMILES string of the molecule is CN(C1CCOCC1)S(=O)(=O)NCc1ccc(CC(=O)O)cc1. The number of hydrogen-bond acceptors (Lipinski definition) is 4. The van der Waals surface area contributed by atoms with E-state index in [1.165, 1.54) is 4.31 Å². The number of nitrogens with one attached hydrogen (secondary N) is 1. The molecule has 1 aliphatic rings. The molecule has 1 saturated heterocycles. The average Bonchev–Trinajstić information content (AvgIpc) is 2.54. The predicted octanol–water partition coefficient (Wildman–Crippen LogP) is 0.759. The Morgan fingerprint density at radius 2 is 1.83 bits per heavy atom. The van der Waals surface area contributed by atoms with E-state index in [1.54, 1.807) is 31.3 Å². The monoisotopic (exact) mass is 342 g/mol. The van der Waals surface area contributed by atoms with Crippen LogP contribution in [0, 0.1) is 0 Å². The van der Waals surface area contributed by atoms with Crippen LogP contribution in [0.25, 0.3) is 0 Å². The summed E-state index contributed by atoms with van der Waals surface area (Å²) in [4.78, 5) is 10.6. The molecule has 0 saturated carbocycles. The zero-order valence-corrected chi connectivity index (χ0v) is 13.9. The standard InChI is InChI=1S/C15H22N2O5S/c1-17(14-6-8-22-9-7-14)23(20,21)16-11-13-4-2-12(3-5-13)10-15(18)19/h2-5,14,16H,6-11H2,1H3,(H,18,19). The lowest BCUT2D eigenvalue weighted by Crippen LogP contribution is -2.46. The number of carboxylic acid groups (broad SMARTS) is 1. The fourth-order valence-corrected chi connectivity index (χ4v) is 3.63. The number of ether oxygens (including phenoxy) is 1. The van der Waals surface area contributed by atoms with E-state index in [4.69, 9.17) is 9.84 Å². The summed E-state index contributed by atoms with van der Waals surface area (Å²) in [6.07, 6.45) is 1.35. The van der Waals surface area contributed by atoms with Crippen LogP contribution in [0.2, 0.25) is 0 Å². The minimum atomic E-state index is -3.55. The highest BCUT2D eigenvalue weighted by molar-refractivity contribution is 7.87. The summed E-state index contributed by atoms with van der Waals surface area (Å²) in [6, 6.07) is 6.81. The van der Waals surface area contributed by atoms with Crippen molar-refractivity contribution in [1.29, 1.82) is 0 Å². The van der Waals surface area contributed by atoms with Crippen molar-refractivity contribution in [2.24, 2.45) is 0 Å². The van der Waals surface area contributed by atoms with Gasteiger partial charge in [0.05, 0.1) is 6.42 Å². The predicted molar refractivity (Wildman–Crippen MR) is 85.1 cm³/mol. The molecule has 2 rings (SSSR count). The fourth-order valence-electron chi connectivity index (χ4n) is 2.47. The molecule has 0 bridgehead atoms. The quantitative estimate of drug-likeness (QED) is 0.763. The molecule has 0 aromatic heterocycles. The largest absolute Gasteiger partial charge is 0.481 e. The molecule has 0 amide bonds. The lowest BCUT2D eigenvalue weighted by Gasteiger charge is -2.30. The van der Waals surface area contributed by atoms with Gasteiger partial charge in [0, 0.05) is 32.8 Å². The van der Waals surface area contributed by atoms with Gasteiger partial charge in [0.1, 0.15) is 0 Å². The maximum atomic E-state index is 12.3. The van der Waals surface area contributed by atoms with Crippen LogP contribution < -0.4 is 4.72 Å². The van der Waals surface area contributed by atoms with Gasteiger partial charge in [-0.25, -0.2) is 0 Å². The van der Waals surface area contributed by atoms with Crippen LogP contribution >= 0.6 is 0 Å². The first-order valence-corrected chi connectivity index (χ1v) is 8.92. The van der Waals surface area contributed by atoms with Gasteiger partial charge < -0.3 is 9.84 Å². The lowest BCUT2D eigenvalue weighted by molar-refractivity contribution is -0.136.